The van der Waals surface area contributed by atoms with Crippen molar-refractivity contribution in [3.63, 3.8) is 0 Å². The number of benzene rings is 2. The van der Waals surface area contributed by atoms with Gasteiger partial charge in [0, 0.05) is 24.2 Å². The van der Waals surface area contributed by atoms with E-state index < -0.39 is 0 Å². The van der Waals surface area contributed by atoms with Crippen LogP contribution in [0.5, 0.6) is 11.5 Å². The summed E-state index contributed by atoms with van der Waals surface area (Å²) < 4.78 is 11.3. The highest BCUT2D eigenvalue weighted by molar-refractivity contribution is 6.32. The Morgan fingerprint density at radius 1 is 1.08 bits per heavy atom. The number of rotatable bonds is 3. The Morgan fingerprint density at radius 2 is 1.76 bits per heavy atom. The van der Waals surface area contributed by atoms with Gasteiger partial charge in [-0.1, -0.05) is 17.7 Å². The fraction of sp³-hybridized carbons (Fsp3) is 0.350. The van der Waals surface area contributed by atoms with Crippen molar-refractivity contribution in [2.45, 2.75) is 27.2 Å². The molecule has 0 bridgehead atoms. The first-order valence-corrected chi connectivity index (χ1v) is 8.86. The largest absolute Gasteiger partial charge is 0.489 e. The van der Waals surface area contributed by atoms with E-state index in [1.165, 1.54) is 0 Å². The molecule has 4 nitrogen and oxygen atoms in total. The van der Waals surface area contributed by atoms with E-state index in [-0.39, 0.29) is 5.91 Å². The van der Waals surface area contributed by atoms with Gasteiger partial charge >= 0.3 is 0 Å². The normalized spacial score (nSPS) is 13.3. The van der Waals surface area contributed by atoms with Gasteiger partial charge in [0.2, 0.25) is 0 Å². The topological polar surface area (TPSA) is 38.8 Å². The van der Waals surface area contributed by atoms with Crippen molar-refractivity contribution in [1.29, 1.82) is 0 Å². The summed E-state index contributed by atoms with van der Waals surface area (Å²) in [5, 5.41) is 0.402. The van der Waals surface area contributed by atoms with Gasteiger partial charge < -0.3 is 14.4 Å². The lowest BCUT2D eigenvalue weighted by molar-refractivity contribution is 0.0988. The molecule has 132 valence electrons. The summed E-state index contributed by atoms with van der Waals surface area (Å²) in [6.07, 6.45) is 0.790. The highest BCUT2D eigenvalue weighted by Gasteiger charge is 2.22. The first-order valence-electron chi connectivity index (χ1n) is 8.49. The summed E-state index contributed by atoms with van der Waals surface area (Å²) in [6.45, 7) is 7.69. The van der Waals surface area contributed by atoms with Crippen molar-refractivity contribution in [1.82, 2.24) is 0 Å². The van der Waals surface area contributed by atoms with Crippen LogP contribution in [-0.4, -0.2) is 25.7 Å². The first-order chi connectivity index (χ1) is 12.0. The highest BCUT2D eigenvalue weighted by atomic mass is 35.5. The average molecular weight is 360 g/mol. The Hall–Kier alpha value is -2.20. The second-order valence-corrected chi connectivity index (χ2v) is 6.64. The lowest BCUT2D eigenvalue weighted by atomic mass is 10.1. The molecule has 1 amide bonds. The highest BCUT2D eigenvalue weighted by Crippen LogP contribution is 2.38. The monoisotopic (exact) mass is 359 g/mol. The maximum atomic E-state index is 13.1. The van der Waals surface area contributed by atoms with Gasteiger partial charge in [-0.15, -0.1) is 0 Å². The maximum absolute atomic E-state index is 13.1. The Labute approximate surface area is 153 Å². The molecule has 0 saturated heterocycles. The minimum absolute atomic E-state index is 0.106. The number of ether oxygens (including phenoxy) is 2. The summed E-state index contributed by atoms with van der Waals surface area (Å²) in [5.74, 6) is 0.944. The lowest BCUT2D eigenvalue weighted by Crippen LogP contribution is -2.30. The number of hydrogen-bond donors (Lipinski definition) is 0. The smallest absolute Gasteiger partial charge is 0.258 e. The molecule has 0 aromatic heterocycles. The SMILES string of the molecule is CCN(C(=O)c1cc(Cl)c2c(c1)OCCCO2)c1cc(C)cc(C)c1. The van der Waals surface area contributed by atoms with Crippen LogP contribution in [0.1, 0.15) is 34.8 Å². The quantitative estimate of drug-likeness (QED) is 0.791. The second-order valence-electron chi connectivity index (χ2n) is 6.23. The van der Waals surface area contributed by atoms with E-state index in [1.54, 1.807) is 17.0 Å². The average Bonchev–Trinajstić information content (AvgIpc) is 2.80. The molecule has 0 saturated carbocycles. The van der Waals surface area contributed by atoms with Crippen LogP contribution in [0.25, 0.3) is 0 Å². The fourth-order valence-electron chi connectivity index (χ4n) is 3.06. The molecule has 1 heterocycles. The molecular formula is C20H22ClNO3. The molecular weight excluding hydrogens is 338 g/mol. The molecule has 0 atom stereocenters. The molecule has 2 aromatic carbocycles. The van der Waals surface area contributed by atoms with Crippen LogP contribution in [0.2, 0.25) is 5.02 Å². The zero-order valence-corrected chi connectivity index (χ0v) is 15.5. The van der Waals surface area contributed by atoms with Gasteiger partial charge in [0.15, 0.2) is 11.5 Å². The van der Waals surface area contributed by atoms with E-state index in [9.17, 15) is 4.79 Å². The number of halogens is 1. The molecule has 3 rings (SSSR count). The van der Waals surface area contributed by atoms with Crippen LogP contribution in [0.4, 0.5) is 5.69 Å². The molecule has 0 fully saturated rings. The van der Waals surface area contributed by atoms with Gasteiger partial charge in [-0.3, -0.25) is 4.79 Å². The Morgan fingerprint density at radius 3 is 2.44 bits per heavy atom. The lowest BCUT2D eigenvalue weighted by Gasteiger charge is -2.23. The Bertz CT molecular complexity index is 784. The third kappa shape index (κ3) is 3.74. The molecule has 0 aliphatic carbocycles. The molecule has 1 aliphatic rings. The van der Waals surface area contributed by atoms with E-state index >= 15 is 0 Å². The number of nitrogens with zero attached hydrogens (tertiary/aromatic N) is 1. The van der Waals surface area contributed by atoms with Crippen LogP contribution in [0.15, 0.2) is 30.3 Å². The number of aryl methyl sites for hydroxylation is 2. The van der Waals surface area contributed by atoms with E-state index in [0.717, 1.165) is 23.2 Å². The van der Waals surface area contributed by atoms with Crippen molar-refractivity contribution in [2.24, 2.45) is 0 Å². The van der Waals surface area contributed by atoms with E-state index in [2.05, 4.69) is 6.07 Å². The number of hydrogen-bond acceptors (Lipinski definition) is 3. The molecule has 2 aromatic rings. The van der Waals surface area contributed by atoms with Crippen molar-refractivity contribution < 1.29 is 14.3 Å². The molecule has 0 unspecified atom stereocenters. The van der Waals surface area contributed by atoms with E-state index in [0.29, 0.717) is 41.8 Å². The first kappa shape index (κ1) is 17.6. The molecule has 5 heteroatoms. The minimum Gasteiger partial charge on any atom is -0.489 e. The number of carbonyl (C=O) groups excluding carboxylic acids is 1. The van der Waals surface area contributed by atoms with Crippen LogP contribution >= 0.6 is 11.6 Å². The predicted octanol–water partition coefficient (Wildman–Crippen LogP) is 4.78. The zero-order valence-electron chi connectivity index (χ0n) is 14.8. The van der Waals surface area contributed by atoms with Gasteiger partial charge in [0.05, 0.1) is 18.2 Å². The molecule has 1 aliphatic heterocycles. The summed E-state index contributed by atoms with van der Waals surface area (Å²) in [5.41, 5.74) is 3.62. The standard InChI is InChI=1S/C20H22ClNO3/c1-4-22(16-9-13(2)8-14(3)10-16)20(23)15-11-17(21)19-18(12-15)24-6-5-7-25-19/h8-12H,4-7H2,1-3H3. The van der Waals surface area contributed by atoms with E-state index in [4.69, 9.17) is 21.1 Å². The number of anilines is 1. The van der Waals surface area contributed by atoms with Crippen molar-refractivity contribution in [3.8, 4) is 11.5 Å². The van der Waals surface area contributed by atoms with Gasteiger partial charge in [-0.05, 0) is 56.2 Å². The van der Waals surface area contributed by atoms with Crippen LogP contribution in [0.3, 0.4) is 0 Å². The third-order valence-corrected chi connectivity index (χ3v) is 4.41. The second kappa shape index (κ2) is 7.36. The molecule has 0 spiro atoms. The summed E-state index contributed by atoms with van der Waals surface area (Å²) in [4.78, 5) is 14.8. The molecule has 25 heavy (non-hydrogen) atoms. The van der Waals surface area contributed by atoms with Crippen molar-refractivity contribution in [2.75, 3.05) is 24.7 Å². The molecule has 0 radical (unpaired) electrons. The number of carbonyl (C=O) groups is 1. The van der Waals surface area contributed by atoms with Crippen LogP contribution in [-0.2, 0) is 0 Å². The van der Waals surface area contributed by atoms with Crippen LogP contribution in [0, 0.1) is 13.8 Å². The summed E-state index contributed by atoms with van der Waals surface area (Å²) in [7, 11) is 0. The van der Waals surface area contributed by atoms with E-state index in [1.807, 2.05) is 32.9 Å². The summed E-state index contributed by atoms with van der Waals surface area (Å²) in [6, 6.07) is 9.49. The number of fused-ring (bicyclic) bond motifs is 1. The Kier molecular flexibility index (Phi) is 5.19. The minimum atomic E-state index is -0.106. The summed E-state index contributed by atoms with van der Waals surface area (Å²) >= 11 is 6.33. The fourth-order valence-corrected chi connectivity index (χ4v) is 3.33. The maximum Gasteiger partial charge on any atom is 0.258 e. The zero-order chi connectivity index (χ0) is 18.0. The van der Waals surface area contributed by atoms with Gasteiger partial charge in [0.1, 0.15) is 0 Å². The van der Waals surface area contributed by atoms with Gasteiger partial charge in [-0.25, -0.2) is 0 Å². The number of amides is 1. The van der Waals surface area contributed by atoms with Gasteiger partial charge in [-0.2, -0.15) is 0 Å². The van der Waals surface area contributed by atoms with Gasteiger partial charge in [0.25, 0.3) is 5.91 Å². The van der Waals surface area contributed by atoms with Crippen LogP contribution < -0.4 is 14.4 Å². The van der Waals surface area contributed by atoms with Crippen molar-refractivity contribution in [3.05, 3.63) is 52.0 Å². The third-order valence-electron chi connectivity index (χ3n) is 4.13. The predicted molar refractivity (Wildman–Crippen MR) is 100 cm³/mol. The Balaban J connectivity index is 1.98. The molecule has 0 N–H and O–H groups in total. The van der Waals surface area contributed by atoms with Crippen molar-refractivity contribution >= 4 is 23.2 Å².